The molecule has 106 valence electrons. The predicted molar refractivity (Wildman–Crippen MR) is 73.5 cm³/mol. The zero-order valence-electron chi connectivity index (χ0n) is 11.3. The molecule has 1 heterocycles. The molecule has 0 spiro atoms. The predicted octanol–water partition coefficient (Wildman–Crippen LogP) is 1.53. The highest BCUT2D eigenvalue weighted by Crippen LogP contribution is 2.15. The van der Waals surface area contributed by atoms with Crippen LogP contribution in [0.15, 0.2) is 11.0 Å². The summed E-state index contributed by atoms with van der Waals surface area (Å²) in [6.07, 6.45) is 1.69. The molecule has 0 aliphatic carbocycles. The third-order valence-electron chi connectivity index (χ3n) is 2.40. The molecule has 0 saturated heterocycles. The average Bonchev–Trinajstić information content (AvgIpc) is 2.37. The van der Waals surface area contributed by atoms with Crippen molar-refractivity contribution < 1.29 is 9.53 Å². The molecule has 0 aliphatic rings. The molecule has 0 saturated carbocycles. The van der Waals surface area contributed by atoms with Crippen molar-refractivity contribution in [2.45, 2.75) is 26.8 Å². The molecule has 0 aliphatic heterocycles. The lowest BCUT2D eigenvalue weighted by molar-refractivity contribution is -0.140. The fourth-order valence-corrected chi connectivity index (χ4v) is 1.68. The Hall–Kier alpha value is -1.56. The minimum atomic E-state index is -0.335. The number of halogens is 1. The number of nitrogens with zero attached hydrogens (tertiary/aromatic N) is 2. The lowest BCUT2D eigenvalue weighted by Crippen LogP contribution is -2.26. The molecule has 0 atom stereocenters. The van der Waals surface area contributed by atoms with E-state index in [1.165, 1.54) is 18.0 Å². The van der Waals surface area contributed by atoms with Crippen molar-refractivity contribution in [2.24, 2.45) is 5.92 Å². The first-order valence-electron chi connectivity index (χ1n) is 6.02. The highest BCUT2D eigenvalue weighted by molar-refractivity contribution is 6.32. The summed E-state index contributed by atoms with van der Waals surface area (Å²) in [4.78, 5) is 22.9. The van der Waals surface area contributed by atoms with Crippen molar-refractivity contribution in [2.75, 3.05) is 19.0 Å². The van der Waals surface area contributed by atoms with Gasteiger partial charge in [0.05, 0.1) is 25.4 Å². The third-order valence-corrected chi connectivity index (χ3v) is 2.76. The van der Waals surface area contributed by atoms with Gasteiger partial charge in [-0.1, -0.05) is 25.4 Å². The molecule has 0 unspecified atom stereocenters. The molecule has 0 aromatic carbocycles. The molecule has 1 aromatic rings. The summed E-state index contributed by atoms with van der Waals surface area (Å²) in [6, 6.07) is 0. The Balaban J connectivity index is 2.74. The molecule has 7 heteroatoms. The molecule has 0 bridgehead atoms. The van der Waals surface area contributed by atoms with Crippen molar-refractivity contribution in [3.63, 3.8) is 0 Å². The summed E-state index contributed by atoms with van der Waals surface area (Å²) in [5, 5.41) is 7.01. The highest BCUT2D eigenvalue weighted by Gasteiger charge is 2.10. The van der Waals surface area contributed by atoms with Gasteiger partial charge in [0.25, 0.3) is 5.56 Å². The Morgan fingerprint density at radius 1 is 1.58 bits per heavy atom. The summed E-state index contributed by atoms with van der Waals surface area (Å²) < 4.78 is 5.84. The second-order valence-electron chi connectivity index (χ2n) is 4.51. The number of methoxy groups -OCH3 is 1. The Morgan fingerprint density at radius 3 is 2.84 bits per heavy atom. The maximum absolute atomic E-state index is 11.9. The molecule has 6 nitrogen and oxygen atoms in total. The Labute approximate surface area is 116 Å². The van der Waals surface area contributed by atoms with Crippen LogP contribution >= 0.6 is 11.6 Å². The molecule has 1 rings (SSSR count). The standard InChI is InChI=1S/C12H18ClN3O3/c1-8(2)7-16-12(18)11(13)9(6-15-16)14-5-4-10(17)19-3/h6,8,14H,4-5,7H2,1-3H3. The van der Waals surface area contributed by atoms with Crippen LogP contribution in [0.3, 0.4) is 0 Å². The van der Waals surface area contributed by atoms with Gasteiger partial charge in [0.15, 0.2) is 0 Å². The van der Waals surface area contributed by atoms with Crippen LogP contribution in [0.4, 0.5) is 5.69 Å². The van der Waals surface area contributed by atoms with Crippen LogP contribution < -0.4 is 10.9 Å². The normalized spacial score (nSPS) is 10.6. The van der Waals surface area contributed by atoms with E-state index in [1.807, 2.05) is 13.8 Å². The number of carbonyl (C=O) groups is 1. The first-order chi connectivity index (χ1) is 8.95. The van der Waals surface area contributed by atoms with Gasteiger partial charge in [-0.25, -0.2) is 4.68 Å². The van der Waals surface area contributed by atoms with E-state index < -0.39 is 0 Å². The van der Waals surface area contributed by atoms with Crippen molar-refractivity contribution in [3.05, 3.63) is 21.6 Å². The fourth-order valence-electron chi connectivity index (χ4n) is 1.47. The topological polar surface area (TPSA) is 73.2 Å². The van der Waals surface area contributed by atoms with E-state index in [2.05, 4.69) is 15.2 Å². The lowest BCUT2D eigenvalue weighted by Gasteiger charge is -2.11. The quantitative estimate of drug-likeness (QED) is 0.803. The number of carbonyl (C=O) groups excluding carboxylic acids is 1. The summed E-state index contributed by atoms with van der Waals surface area (Å²) in [7, 11) is 1.32. The van der Waals surface area contributed by atoms with Crippen LogP contribution in [0.2, 0.25) is 5.02 Å². The van der Waals surface area contributed by atoms with Crippen LogP contribution in [-0.4, -0.2) is 29.4 Å². The molecular weight excluding hydrogens is 270 g/mol. The number of anilines is 1. The van der Waals surface area contributed by atoms with E-state index in [-0.39, 0.29) is 23.0 Å². The molecule has 1 aromatic heterocycles. The van der Waals surface area contributed by atoms with E-state index in [1.54, 1.807) is 0 Å². The smallest absolute Gasteiger partial charge is 0.307 e. The van der Waals surface area contributed by atoms with Crippen molar-refractivity contribution in [1.82, 2.24) is 9.78 Å². The second kappa shape index (κ2) is 7.13. The zero-order valence-corrected chi connectivity index (χ0v) is 12.0. The van der Waals surface area contributed by atoms with Gasteiger partial charge in [-0.3, -0.25) is 9.59 Å². The number of aromatic nitrogens is 2. The van der Waals surface area contributed by atoms with E-state index in [4.69, 9.17) is 11.6 Å². The molecule has 0 fully saturated rings. The summed E-state index contributed by atoms with van der Waals surface area (Å²) >= 11 is 5.98. The van der Waals surface area contributed by atoms with E-state index in [0.29, 0.717) is 24.7 Å². The first kappa shape index (κ1) is 15.5. The monoisotopic (exact) mass is 287 g/mol. The van der Waals surface area contributed by atoms with Crippen LogP contribution in [0.25, 0.3) is 0 Å². The Bertz CT molecular complexity index is 499. The summed E-state index contributed by atoms with van der Waals surface area (Å²) in [5.74, 6) is -0.0240. The van der Waals surface area contributed by atoms with Gasteiger partial charge in [0, 0.05) is 13.1 Å². The van der Waals surface area contributed by atoms with Crippen LogP contribution in [0.5, 0.6) is 0 Å². The van der Waals surface area contributed by atoms with Gasteiger partial charge < -0.3 is 10.1 Å². The Morgan fingerprint density at radius 2 is 2.26 bits per heavy atom. The maximum atomic E-state index is 11.9. The van der Waals surface area contributed by atoms with E-state index in [0.717, 1.165) is 0 Å². The van der Waals surface area contributed by atoms with Crippen molar-refractivity contribution in [3.8, 4) is 0 Å². The van der Waals surface area contributed by atoms with Crippen LogP contribution in [-0.2, 0) is 16.1 Å². The van der Waals surface area contributed by atoms with Crippen LogP contribution in [0, 0.1) is 5.92 Å². The average molecular weight is 288 g/mol. The zero-order chi connectivity index (χ0) is 14.4. The summed E-state index contributed by atoms with van der Waals surface area (Å²) in [5.41, 5.74) is 0.0917. The minimum Gasteiger partial charge on any atom is -0.469 e. The van der Waals surface area contributed by atoms with Crippen LogP contribution in [0.1, 0.15) is 20.3 Å². The van der Waals surface area contributed by atoms with E-state index in [9.17, 15) is 9.59 Å². The maximum Gasteiger partial charge on any atom is 0.307 e. The third kappa shape index (κ3) is 4.55. The molecule has 0 radical (unpaired) electrons. The number of hydrogen-bond acceptors (Lipinski definition) is 5. The Kier molecular flexibility index (Phi) is 5.82. The molecule has 1 N–H and O–H groups in total. The van der Waals surface area contributed by atoms with Crippen molar-refractivity contribution in [1.29, 1.82) is 0 Å². The van der Waals surface area contributed by atoms with Gasteiger partial charge in [0.2, 0.25) is 0 Å². The minimum absolute atomic E-state index is 0.0838. The number of ether oxygens (including phenoxy) is 1. The molecular formula is C12H18ClN3O3. The van der Waals surface area contributed by atoms with Gasteiger partial charge in [-0.15, -0.1) is 0 Å². The van der Waals surface area contributed by atoms with Gasteiger partial charge in [-0.2, -0.15) is 5.10 Å². The first-order valence-corrected chi connectivity index (χ1v) is 6.39. The van der Waals surface area contributed by atoms with E-state index >= 15 is 0 Å². The SMILES string of the molecule is COC(=O)CCNc1cnn(CC(C)C)c(=O)c1Cl. The van der Waals surface area contributed by atoms with Crippen molar-refractivity contribution >= 4 is 23.3 Å². The summed E-state index contributed by atoms with van der Waals surface area (Å²) in [6.45, 7) is 4.83. The fraction of sp³-hybridized carbons (Fsp3) is 0.583. The van der Waals surface area contributed by atoms with Gasteiger partial charge in [0.1, 0.15) is 5.02 Å². The largest absolute Gasteiger partial charge is 0.469 e. The number of hydrogen-bond donors (Lipinski definition) is 1. The molecule has 0 amide bonds. The number of nitrogens with one attached hydrogen (secondary N) is 1. The number of rotatable bonds is 6. The van der Waals surface area contributed by atoms with Gasteiger partial charge >= 0.3 is 5.97 Å². The van der Waals surface area contributed by atoms with Gasteiger partial charge in [-0.05, 0) is 5.92 Å². The lowest BCUT2D eigenvalue weighted by atomic mass is 10.2. The molecule has 19 heavy (non-hydrogen) atoms. The second-order valence-corrected chi connectivity index (χ2v) is 4.88. The highest BCUT2D eigenvalue weighted by atomic mass is 35.5. The number of esters is 1.